The Kier molecular flexibility index (Phi) is 6.86. The molecule has 0 saturated carbocycles. The molecule has 0 bridgehead atoms. The van der Waals surface area contributed by atoms with Gasteiger partial charge in [-0.2, -0.15) is 0 Å². The minimum absolute atomic E-state index is 0.0814. The van der Waals surface area contributed by atoms with Gasteiger partial charge in [0.15, 0.2) is 0 Å². The lowest BCUT2D eigenvalue weighted by atomic mass is 9.88. The molecule has 3 heteroatoms. The Balaban J connectivity index is 3.16. The van der Waals surface area contributed by atoms with Crippen LogP contribution in [-0.4, -0.2) is 16.7 Å². The lowest BCUT2D eigenvalue weighted by Gasteiger charge is -2.15. The second kappa shape index (κ2) is 8.40. The molecule has 0 radical (unpaired) electrons. The average molecular weight is 287 g/mol. The van der Waals surface area contributed by atoms with E-state index in [1.165, 1.54) is 4.90 Å². The van der Waals surface area contributed by atoms with Gasteiger partial charge in [0, 0.05) is 0 Å². The van der Waals surface area contributed by atoms with Crippen molar-refractivity contribution in [2.45, 2.75) is 39.5 Å². The fourth-order valence-corrected chi connectivity index (χ4v) is 2.80. The standard InChI is InChI=1S/C18H25NO2/c1-5-9-13-14(10-6-2)19-17(20)15(11-7-3)16(12-8-4)18(19)21/h5-6,9-10,13,15-16H,1-2,7-8,11-12H2,3-4H3/b13-9-,14-10+. The van der Waals surface area contributed by atoms with Gasteiger partial charge in [-0.1, -0.05) is 58.1 Å². The van der Waals surface area contributed by atoms with E-state index < -0.39 is 0 Å². The summed E-state index contributed by atoms with van der Waals surface area (Å²) < 4.78 is 0. The summed E-state index contributed by atoms with van der Waals surface area (Å²) in [5.74, 6) is -0.537. The number of nitrogens with zero attached hydrogens (tertiary/aromatic N) is 1. The summed E-state index contributed by atoms with van der Waals surface area (Å²) in [5.41, 5.74) is 0.569. The average Bonchev–Trinajstić information content (AvgIpc) is 2.69. The number of carbonyl (C=O) groups excluding carboxylic acids is 2. The van der Waals surface area contributed by atoms with Crippen molar-refractivity contribution in [3.8, 4) is 0 Å². The van der Waals surface area contributed by atoms with Gasteiger partial charge in [-0.3, -0.25) is 14.5 Å². The topological polar surface area (TPSA) is 37.4 Å². The molecule has 114 valence electrons. The first kappa shape index (κ1) is 17.2. The van der Waals surface area contributed by atoms with Crippen molar-refractivity contribution in [3.63, 3.8) is 0 Å². The number of imide groups is 1. The predicted octanol–water partition coefficient (Wildman–Crippen LogP) is 4.00. The quantitative estimate of drug-likeness (QED) is 0.500. The largest absolute Gasteiger partial charge is 0.274 e. The third kappa shape index (κ3) is 3.81. The Morgan fingerprint density at radius 2 is 1.57 bits per heavy atom. The molecule has 1 saturated heterocycles. The van der Waals surface area contributed by atoms with Gasteiger partial charge < -0.3 is 0 Å². The molecule has 0 aromatic rings. The van der Waals surface area contributed by atoms with Crippen LogP contribution in [0.4, 0.5) is 0 Å². The summed E-state index contributed by atoms with van der Waals surface area (Å²) >= 11 is 0. The number of likely N-dealkylation sites (tertiary alicyclic amines) is 1. The highest BCUT2D eigenvalue weighted by molar-refractivity contribution is 6.07. The molecule has 1 rings (SSSR count). The summed E-state index contributed by atoms with van der Waals surface area (Å²) in [6.45, 7) is 11.4. The Morgan fingerprint density at radius 3 is 1.95 bits per heavy atom. The van der Waals surface area contributed by atoms with Gasteiger partial charge in [-0.15, -0.1) is 0 Å². The van der Waals surface area contributed by atoms with Crippen molar-refractivity contribution in [3.05, 3.63) is 49.2 Å². The molecule has 0 aliphatic carbocycles. The zero-order valence-electron chi connectivity index (χ0n) is 13.0. The van der Waals surface area contributed by atoms with Crippen LogP contribution < -0.4 is 0 Å². The van der Waals surface area contributed by atoms with E-state index in [1.54, 1.807) is 30.4 Å². The van der Waals surface area contributed by atoms with Crippen LogP contribution in [0.3, 0.4) is 0 Å². The summed E-state index contributed by atoms with van der Waals surface area (Å²) in [6.07, 6.45) is 11.7. The molecule has 3 nitrogen and oxygen atoms in total. The minimum atomic E-state index is -0.187. The molecule has 0 spiro atoms. The first-order valence-electron chi connectivity index (χ1n) is 7.61. The molecule has 21 heavy (non-hydrogen) atoms. The van der Waals surface area contributed by atoms with E-state index in [0.29, 0.717) is 5.70 Å². The number of amides is 2. The molecule has 2 unspecified atom stereocenters. The third-order valence-corrected chi connectivity index (χ3v) is 3.71. The van der Waals surface area contributed by atoms with Crippen molar-refractivity contribution >= 4 is 11.8 Å². The van der Waals surface area contributed by atoms with Gasteiger partial charge in [0.05, 0.1) is 17.5 Å². The van der Waals surface area contributed by atoms with Crippen LogP contribution >= 0.6 is 0 Å². The van der Waals surface area contributed by atoms with Gasteiger partial charge in [-0.05, 0) is 25.0 Å². The second-order valence-corrected chi connectivity index (χ2v) is 5.22. The highest BCUT2D eigenvalue weighted by Crippen LogP contribution is 2.35. The van der Waals surface area contributed by atoms with E-state index in [-0.39, 0.29) is 23.7 Å². The number of allylic oxidation sites excluding steroid dienone is 5. The molecule has 1 heterocycles. The van der Waals surface area contributed by atoms with Crippen molar-refractivity contribution in [1.82, 2.24) is 4.90 Å². The smallest absolute Gasteiger partial charge is 0.237 e. The van der Waals surface area contributed by atoms with Crippen molar-refractivity contribution in [2.75, 3.05) is 0 Å². The van der Waals surface area contributed by atoms with Crippen LogP contribution in [0.2, 0.25) is 0 Å². The van der Waals surface area contributed by atoms with Crippen LogP contribution in [-0.2, 0) is 9.59 Å². The molecule has 1 fully saturated rings. The number of rotatable bonds is 8. The van der Waals surface area contributed by atoms with E-state index in [0.717, 1.165) is 25.7 Å². The van der Waals surface area contributed by atoms with Gasteiger partial charge in [0.1, 0.15) is 0 Å². The fourth-order valence-electron chi connectivity index (χ4n) is 2.80. The minimum Gasteiger partial charge on any atom is -0.274 e. The van der Waals surface area contributed by atoms with Crippen molar-refractivity contribution < 1.29 is 9.59 Å². The predicted molar refractivity (Wildman–Crippen MR) is 86.3 cm³/mol. The molecular formula is C18H25NO2. The Morgan fingerprint density at radius 1 is 1.05 bits per heavy atom. The summed E-state index contributed by atoms with van der Waals surface area (Å²) in [6, 6.07) is 0. The van der Waals surface area contributed by atoms with Gasteiger partial charge in [0.25, 0.3) is 0 Å². The lowest BCUT2D eigenvalue weighted by Crippen LogP contribution is -2.29. The molecule has 2 amide bonds. The molecule has 0 aromatic carbocycles. The zero-order valence-corrected chi connectivity index (χ0v) is 13.0. The fraction of sp³-hybridized carbons (Fsp3) is 0.444. The maximum atomic E-state index is 12.6. The Labute approximate surface area is 127 Å². The first-order valence-corrected chi connectivity index (χ1v) is 7.61. The Bertz CT molecular complexity index is 450. The van der Waals surface area contributed by atoms with E-state index in [2.05, 4.69) is 13.2 Å². The molecule has 2 atom stereocenters. The molecule has 1 aliphatic rings. The SMILES string of the molecule is C=C/C=C\C(=C/C=C)N1C(=O)C(CCC)C(CCC)C1=O. The third-order valence-electron chi connectivity index (χ3n) is 3.71. The van der Waals surface area contributed by atoms with Crippen molar-refractivity contribution in [2.24, 2.45) is 11.8 Å². The van der Waals surface area contributed by atoms with E-state index in [1.807, 2.05) is 13.8 Å². The monoisotopic (exact) mass is 287 g/mol. The van der Waals surface area contributed by atoms with Crippen LogP contribution in [0.1, 0.15) is 39.5 Å². The summed E-state index contributed by atoms with van der Waals surface area (Å²) in [5, 5.41) is 0. The second-order valence-electron chi connectivity index (χ2n) is 5.22. The molecule has 1 aliphatic heterocycles. The van der Waals surface area contributed by atoms with Gasteiger partial charge >= 0.3 is 0 Å². The molecular weight excluding hydrogens is 262 g/mol. The number of hydrogen-bond donors (Lipinski definition) is 0. The highest BCUT2D eigenvalue weighted by Gasteiger charge is 2.46. The normalized spacial score (nSPS) is 23.1. The molecule has 0 N–H and O–H groups in total. The highest BCUT2D eigenvalue weighted by atomic mass is 16.2. The van der Waals surface area contributed by atoms with Gasteiger partial charge in [0.2, 0.25) is 11.8 Å². The van der Waals surface area contributed by atoms with E-state index in [9.17, 15) is 9.59 Å². The van der Waals surface area contributed by atoms with E-state index >= 15 is 0 Å². The number of carbonyl (C=O) groups is 2. The maximum absolute atomic E-state index is 12.6. The van der Waals surface area contributed by atoms with Crippen LogP contribution in [0.25, 0.3) is 0 Å². The molecule has 0 aromatic heterocycles. The first-order chi connectivity index (χ1) is 10.1. The zero-order chi connectivity index (χ0) is 15.8. The lowest BCUT2D eigenvalue weighted by molar-refractivity contribution is -0.137. The van der Waals surface area contributed by atoms with Crippen LogP contribution in [0.5, 0.6) is 0 Å². The van der Waals surface area contributed by atoms with Crippen LogP contribution in [0.15, 0.2) is 49.2 Å². The van der Waals surface area contributed by atoms with E-state index in [4.69, 9.17) is 0 Å². The van der Waals surface area contributed by atoms with Gasteiger partial charge in [-0.25, -0.2) is 0 Å². The Hall–Kier alpha value is -1.90. The summed E-state index contributed by atoms with van der Waals surface area (Å²) in [7, 11) is 0. The van der Waals surface area contributed by atoms with Crippen LogP contribution in [0, 0.1) is 11.8 Å². The number of hydrogen-bond acceptors (Lipinski definition) is 2. The summed E-state index contributed by atoms with van der Waals surface area (Å²) in [4.78, 5) is 26.6. The van der Waals surface area contributed by atoms with Crippen molar-refractivity contribution in [1.29, 1.82) is 0 Å². The maximum Gasteiger partial charge on any atom is 0.237 e.